The summed E-state index contributed by atoms with van der Waals surface area (Å²) >= 11 is 4.75. The van der Waals surface area contributed by atoms with E-state index in [-0.39, 0.29) is 0 Å². The van der Waals surface area contributed by atoms with Gasteiger partial charge in [-0.1, -0.05) is 0 Å². The summed E-state index contributed by atoms with van der Waals surface area (Å²) in [4.78, 5) is 0. The average Bonchev–Trinajstić information content (AvgIpc) is 1.96. The normalized spacial score (nSPS) is 11.0. The molecule has 0 saturated carbocycles. The Morgan fingerprint density at radius 3 is 2.58 bits per heavy atom. The zero-order chi connectivity index (χ0) is 9.61. The third-order valence-electron chi connectivity index (χ3n) is 1.35. The second-order valence-electron chi connectivity index (χ2n) is 3.21. The molecule has 2 nitrogen and oxygen atoms in total. The molecular weight excluding hydrogens is 193 g/mol. The van der Waals surface area contributed by atoms with Crippen LogP contribution in [0.4, 0.5) is 4.11 Å². The third-order valence-corrected chi connectivity index (χ3v) is 3.22. The molecule has 0 aliphatic heterocycles. The maximum atomic E-state index is 13.0. The Kier molecular flexibility index (Phi) is 5.40. The van der Waals surface area contributed by atoms with Crippen molar-refractivity contribution >= 4 is 25.8 Å². The zero-order valence-electron chi connectivity index (χ0n) is 7.82. The first kappa shape index (κ1) is 11.8. The molecule has 0 bridgehead atoms. The highest BCUT2D eigenvalue weighted by Crippen LogP contribution is 2.12. The van der Waals surface area contributed by atoms with Crippen LogP contribution in [-0.4, -0.2) is 27.2 Å². The highest BCUT2D eigenvalue weighted by Gasteiger charge is 2.19. The van der Waals surface area contributed by atoms with Crippen molar-refractivity contribution in [3.05, 3.63) is 0 Å². The van der Waals surface area contributed by atoms with Crippen LogP contribution in [0.5, 0.6) is 0 Å². The molecule has 0 rings (SSSR count). The van der Waals surface area contributed by atoms with Gasteiger partial charge in [0.25, 0.3) is 5.17 Å². The van der Waals surface area contributed by atoms with Gasteiger partial charge < -0.3 is 14.2 Å². The van der Waals surface area contributed by atoms with Crippen molar-refractivity contribution < 1.29 is 8.84 Å². The fraction of sp³-hybridized carbons (Fsp3) is 0.857. The fourth-order valence-electron chi connectivity index (χ4n) is 0.730. The van der Waals surface area contributed by atoms with Crippen LogP contribution in [-0.2, 0) is 4.74 Å². The van der Waals surface area contributed by atoms with Crippen LogP contribution in [0.3, 0.4) is 0 Å². The Bertz CT molecular complexity index is 149. The minimum atomic E-state index is -2.38. The summed E-state index contributed by atoms with van der Waals surface area (Å²) < 4.78 is 18.1. The van der Waals surface area contributed by atoms with Gasteiger partial charge in [-0.15, -0.1) is 0 Å². The van der Waals surface area contributed by atoms with E-state index >= 15 is 0 Å². The first-order valence-corrected chi connectivity index (χ1v) is 7.48. The maximum absolute atomic E-state index is 13.0. The Balaban J connectivity index is 3.28. The summed E-state index contributed by atoms with van der Waals surface area (Å²) in [6, 6.07) is 0.638. The van der Waals surface area contributed by atoms with Gasteiger partial charge in [-0.05, 0) is 37.8 Å². The van der Waals surface area contributed by atoms with Crippen molar-refractivity contribution in [1.29, 1.82) is 0 Å². The summed E-state index contributed by atoms with van der Waals surface area (Å²) in [5, 5.41) is 3.07. The van der Waals surface area contributed by atoms with Crippen molar-refractivity contribution in [2.24, 2.45) is 0 Å². The van der Waals surface area contributed by atoms with Gasteiger partial charge in [-0.2, -0.15) is 0 Å². The number of halogens is 1. The molecule has 0 fully saturated rings. The van der Waals surface area contributed by atoms with Crippen LogP contribution in [0.1, 0.15) is 6.42 Å². The average molecular weight is 209 g/mol. The van der Waals surface area contributed by atoms with E-state index in [2.05, 4.69) is 5.32 Å². The summed E-state index contributed by atoms with van der Waals surface area (Å²) in [5.74, 6) is 0. The van der Waals surface area contributed by atoms with E-state index in [9.17, 15) is 4.11 Å². The number of thiocarbonyl (C=S) groups is 1. The van der Waals surface area contributed by atoms with E-state index in [1.165, 1.54) is 0 Å². The van der Waals surface area contributed by atoms with Crippen LogP contribution >= 0.6 is 12.2 Å². The van der Waals surface area contributed by atoms with Crippen LogP contribution < -0.4 is 5.32 Å². The minimum Gasteiger partial charge on any atom is -0.471 e. The lowest BCUT2D eigenvalue weighted by Gasteiger charge is -2.11. The van der Waals surface area contributed by atoms with Crippen LogP contribution in [0.25, 0.3) is 0 Å². The van der Waals surface area contributed by atoms with Gasteiger partial charge in [0.05, 0.1) is 6.61 Å². The SMILES string of the molecule is CNC(=S)OCCC[Si](C)(C)F. The van der Waals surface area contributed by atoms with Crippen molar-refractivity contribution in [1.82, 2.24) is 5.32 Å². The van der Waals surface area contributed by atoms with E-state index in [1.54, 1.807) is 20.1 Å². The number of hydrogen-bond donors (Lipinski definition) is 1. The molecule has 12 heavy (non-hydrogen) atoms. The Morgan fingerprint density at radius 1 is 1.58 bits per heavy atom. The second kappa shape index (κ2) is 5.48. The first-order valence-electron chi connectivity index (χ1n) is 3.99. The number of rotatable bonds is 4. The van der Waals surface area contributed by atoms with Crippen LogP contribution in [0.15, 0.2) is 0 Å². The van der Waals surface area contributed by atoms with Crippen molar-refractivity contribution in [2.45, 2.75) is 25.6 Å². The predicted molar refractivity (Wildman–Crippen MR) is 55.6 cm³/mol. The molecular formula is C7H16FNOSSi. The highest BCUT2D eigenvalue weighted by molar-refractivity contribution is 7.80. The zero-order valence-corrected chi connectivity index (χ0v) is 9.63. The fourth-order valence-corrected chi connectivity index (χ4v) is 1.80. The lowest BCUT2D eigenvalue weighted by atomic mass is 10.5. The molecule has 0 aromatic rings. The van der Waals surface area contributed by atoms with Gasteiger partial charge >= 0.3 is 0 Å². The molecule has 0 heterocycles. The van der Waals surface area contributed by atoms with E-state index in [0.717, 1.165) is 6.42 Å². The van der Waals surface area contributed by atoms with Crippen molar-refractivity contribution in [3.8, 4) is 0 Å². The van der Waals surface area contributed by atoms with Crippen molar-refractivity contribution in [2.75, 3.05) is 13.7 Å². The molecule has 5 heteroatoms. The summed E-state index contributed by atoms with van der Waals surface area (Å²) in [7, 11) is -0.679. The molecule has 0 unspecified atom stereocenters. The molecule has 0 radical (unpaired) electrons. The predicted octanol–water partition coefficient (Wildman–Crippen LogP) is 2.07. The molecule has 72 valence electrons. The quantitative estimate of drug-likeness (QED) is 0.331. The van der Waals surface area contributed by atoms with E-state index in [1.807, 2.05) is 0 Å². The van der Waals surface area contributed by atoms with Gasteiger partial charge in [0.2, 0.25) is 8.41 Å². The number of hydrogen-bond acceptors (Lipinski definition) is 2. The molecule has 0 aliphatic carbocycles. The largest absolute Gasteiger partial charge is 0.471 e. The van der Waals surface area contributed by atoms with Gasteiger partial charge in [0.15, 0.2) is 0 Å². The molecule has 0 aromatic carbocycles. The number of ether oxygens (including phenoxy) is 1. The molecule has 0 amide bonds. The van der Waals surface area contributed by atoms with E-state index < -0.39 is 8.41 Å². The molecule has 0 aromatic heterocycles. The van der Waals surface area contributed by atoms with Crippen molar-refractivity contribution in [3.63, 3.8) is 0 Å². The summed E-state index contributed by atoms with van der Waals surface area (Å²) in [6.45, 7) is 3.91. The molecule has 0 atom stereocenters. The summed E-state index contributed by atoms with van der Waals surface area (Å²) in [6.07, 6.45) is 0.748. The topological polar surface area (TPSA) is 21.3 Å². The standard InChI is InChI=1S/C7H16FNOSSi/c1-9-7(11)10-5-4-6-12(2,3)8/h4-6H2,1-3H3,(H,9,11). The highest BCUT2D eigenvalue weighted by atomic mass is 32.1. The van der Waals surface area contributed by atoms with Gasteiger partial charge in [0.1, 0.15) is 0 Å². The molecule has 0 spiro atoms. The molecule has 1 N–H and O–H groups in total. The van der Waals surface area contributed by atoms with Crippen LogP contribution in [0, 0.1) is 0 Å². The van der Waals surface area contributed by atoms with Gasteiger partial charge in [-0.25, -0.2) is 0 Å². The first-order chi connectivity index (χ1) is 5.45. The van der Waals surface area contributed by atoms with E-state index in [0.29, 0.717) is 17.8 Å². The van der Waals surface area contributed by atoms with Gasteiger partial charge in [0, 0.05) is 7.05 Å². The summed E-state index contributed by atoms with van der Waals surface area (Å²) in [5.41, 5.74) is 0. The molecule has 0 saturated heterocycles. The number of nitrogens with one attached hydrogen (secondary N) is 1. The van der Waals surface area contributed by atoms with Gasteiger partial charge in [-0.3, -0.25) is 0 Å². The smallest absolute Gasteiger partial charge is 0.256 e. The second-order valence-corrected chi connectivity index (χ2v) is 7.52. The Hall–Kier alpha value is -0.163. The monoisotopic (exact) mass is 209 g/mol. The Labute approximate surface area is 79.7 Å². The maximum Gasteiger partial charge on any atom is 0.256 e. The van der Waals surface area contributed by atoms with Crippen LogP contribution in [0.2, 0.25) is 19.1 Å². The Morgan fingerprint density at radius 2 is 2.17 bits per heavy atom. The lowest BCUT2D eigenvalue weighted by molar-refractivity contribution is 0.300. The minimum absolute atomic E-state index is 0.383. The lowest BCUT2D eigenvalue weighted by Crippen LogP contribution is -2.22. The third kappa shape index (κ3) is 7.94. The molecule has 0 aliphatic rings. The van der Waals surface area contributed by atoms with E-state index in [4.69, 9.17) is 17.0 Å².